The molecule has 3 amide bonds. The summed E-state index contributed by atoms with van der Waals surface area (Å²) in [6.07, 6.45) is -1.60. The number of urea groups is 1. The Morgan fingerprint density at radius 2 is 1.78 bits per heavy atom. The molecule has 0 rings (SSSR count). The summed E-state index contributed by atoms with van der Waals surface area (Å²) in [5.74, 6) is -1.65. The summed E-state index contributed by atoms with van der Waals surface area (Å²) in [6, 6.07) is -0.598. The lowest BCUT2D eigenvalue weighted by Gasteiger charge is -2.10. The normalized spacial score (nSPS) is 11.8. The summed E-state index contributed by atoms with van der Waals surface area (Å²) in [7, 11) is 0. The highest BCUT2D eigenvalue weighted by molar-refractivity contribution is 5.84. The number of hydrogen-bond donors (Lipinski definition) is 5. The molecule has 0 aliphatic heterocycles. The van der Waals surface area contributed by atoms with Crippen LogP contribution in [-0.2, 0) is 9.59 Å². The number of aliphatic hydroxyl groups is 1. The molecule has 0 fully saturated rings. The molecule has 1 atom stereocenters. The van der Waals surface area contributed by atoms with Gasteiger partial charge in [0.1, 0.15) is 0 Å². The van der Waals surface area contributed by atoms with E-state index in [1.54, 1.807) is 13.8 Å². The number of carbonyl (C=O) groups excluding carboxylic acids is 2. The topological polar surface area (TPSA) is 128 Å². The third-order valence-corrected chi connectivity index (χ3v) is 1.85. The van der Waals surface area contributed by atoms with Gasteiger partial charge in [-0.25, -0.2) is 9.59 Å². The van der Waals surface area contributed by atoms with Crippen LogP contribution < -0.4 is 16.0 Å². The minimum atomic E-state index is -1.51. The smallest absolute Gasteiger partial charge is 0.332 e. The molecule has 8 nitrogen and oxygen atoms in total. The second-order valence-corrected chi connectivity index (χ2v) is 3.97. The number of hydrogen-bond acceptors (Lipinski definition) is 4. The van der Waals surface area contributed by atoms with Gasteiger partial charge in [0, 0.05) is 19.0 Å². The van der Waals surface area contributed by atoms with Crippen molar-refractivity contribution in [1.29, 1.82) is 0 Å². The van der Waals surface area contributed by atoms with Crippen molar-refractivity contribution in [2.45, 2.75) is 32.4 Å². The Hall–Kier alpha value is -1.83. The van der Waals surface area contributed by atoms with Gasteiger partial charge < -0.3 is 26.2 Å². The highest BCUT2D eigenvalue weighted by Crippen LogP contribution is 1.88. The molecule has 0 aliphatic rings. The average molecular weight is 261 g/mol. The summed E-state index contributed by atoms with van der Waals surface area (Å²) in [6.45, 7) is 3.44. The van der Waals surface area contributed by atoms with Gasteiger partial charge >= 0.3 is 12.0 Å². The fourth-order valence-corrected chi connectivity index (χ4v) is 1.04. The lowest BCUT2D eigenvalue weighted by atomic mass is 10.2. The number of amides is 3. The Labute approximate surface area is 105 Å². The van der Waals surface area contributed by atoms with Gasteiger partial charge in [-0.1, -0.05) is 0 Å². The Morgan fingerprint density at radius 1 is 1.17 bits per heavy atom. The van der Waals surface area contributed by atoms with Crippen molar-refractivity contribution >= 4 is 17.9 Å². The molecule has 0 saturated carbocycles. The maximum Gasteiger partial charge on any atom is 0.332 e. The molecule has 0 bridgehead atoms. The third kappa shape index (κ3) is 8.34. The van der Waals surface area contributed by atoms with Gasteiger partial charge in [0.15, 0.2) is 6.10 Å². The Bertz CT molecular complexity index is 306. The molecule has 0 spiro atoms. The Kier molecular flexibility index (Phi) is 7.45. The van der Waals surface area contributed by atoms with Crippen molar-refractivity contribution in [3.63, 3.8) is 0 Å². The van der Waals surface area contributed by atoms with Crippen LogP contribution >= 0.6 is 0 Å². The molecular formula is C10H19N3O5. The number of aliphatic hydroxyl groups excluding tert-OH is 1. The second kappa shape index (κ2) is 8.29. The first kappa shape index (κ1) is 16.2. The van der Waals surface area contributed by atoms with Crippen LogP contribution in [0.2, 0.25) is 0 Å². The van der Waals surface area contributed by atoms with Crippen LogP contribution in [0.1, 0.15) is 20.3 Å². The zero-order chi connectivity index (χ0) is 14.1. The van der Waals surface area contributed by atoms with E-state index in [0.29, 0.717) is 0 Å². The van der Waals surface area contributed by atoms with Gasteiger partial charge in [-0.2, -0.15) is 0 Å². The number of aliphatic carboxylic acids is 1. The summed E-state index contributed by atoms with van der Waals surface area (Å²) < 4.78 is 0. The van der Waals surface area contributed by atoms with E-state index in [9.17, 15) is 14.4 Å². The summed E-state index contributed by atoms with van der Waals surface area (Å²) in [4.78, 5) is 32.6. The summed E-state index contributed by atoms with van der Waals surface area (Å²) in [5.41, 5.74) is 0. The van der Waals surface area contributed by atoms with Crippen LogP contribution in [0.4, 0.5) is 4.79 Å². The van der Waals surface area contributed by atoms with Crippen LogP contribution in [0.5, 0.6) is 0 Å². The van der Waals surface area contributed by atoms with Crippen molar-refractivity contribution < 1.29 is 24.6 Å². The van der Waals surface area contributed by atoms with E-state index in [-0.39, 0.29) is 31.5 Å². The highest BCUT2D eigenvalue weighted by atomic mass is 16.4. The average Bonchev–Trinajstić information content (AvgIpc) is 2.25. The van der Waals surface area contributed by atoms with Crippen LogP contribution in [-0.4, -0.2) is 53.4 Å². The lowest BCUT2D eigenvalue weighted by molar-refractivity contribution is -0.146. The van der Waals surface area contributed by atoms with Crippen molar-refractivity contribution in [2.75, 3.05) is 13.1 Å². The third-order valence-electron chi connectivity index (χ3n) is 1.85. The number of carboxylic acids is 1. The standard InChI is InChI=1S/C10H19N3O5/c1-6(2)13-8(15)5-12-10(18)11-4-3-7(14)9(16)17/h6-7,14H,3-5H2,1-2H3,(H,13,15)(H,16,17)(H2,11,12,18)/t7-/m0/s1. The van der Waals surface area contributed by atoms with Crippen LogP contribution in [0, 0.1) is 0 Å². The molecule has 0 radical (unpaired) electrons. The number of rotatable bonds is 7. The van der Waals surface area contributed by atoms with Gasteiger partial charge in [0.05, 0.1) is 6.54 Å². The minimum Gasteiger partial charge on any atom is -0.479 e. The molecule has 0 saturated heterocycles. The number of carbonyl (C=O) groups is 3. The molecule has 104 valence electrons. The molecular weight excluding hydrogens is 242 g/mol. The fourth-order valence-electron chi connectivity index (χ4n) is 1.04. The first-order chi connectivity index (χ1) is 8.32. The SMILES string of the molecule is CC(C)NC(=O)CNC(=O)NCC[C@H](O)C(=O)O. The zero-order valence-electron chi connectivity index (χ0n) is 10.4. The Balaban J connectivity index is 3.66. The van der Waals surface area contributed by atoms with E-state index in [1.807, 2.05) is 0 Å². The zero-order valence-corrected chi connectivity index (χ0v) is 10.4. The van der Waals surface area contributed by atoms with Crippen molar-refractivity contribution in [2.24, 2.45) is 0 Å². The van der Waals surface area contributed by atoms with Gasteiger partial charge in [-0.15, -0.1) is 0 Å². The first-order valence-electron chi connectivity index (χ1n) is 5.55. The lowest BCUT2D eigenvalue weighted by Crippen LogP contribution is -2.44. The largest absolute Gasteiger partial charge is 0.479 e. The predicted octanol–water partition coefficient (Wildman–Crippen LogP) is -1.35. The molecule has 8 heteroatoms. The van der Waals surface area contributed by atoms with Gasteiger partial charge in [0.2, 0.25) is 5.91 Å². The second-order valence-electron chi connectivity index (χ2n) is 3.97. The summed E-state index contributed by atoms with van der Waals surface area (Å²) in [5, 5.41) is 24.5. The van der Waals surface area contributed by atoms with E-state index < -0.39 is 18.1 Å². The maximum atomic E-state index is 11.2. The molecule has 0 aromatic rings. The van der Waals surface area contributed by atoms with Gasteiger partial charge in [0.25, 0.3) is 0 Å². The monoisotopic (exact) mass is 261 g/mol. The van der Waals surface area contributed by atoms with Crippen LogP contribution in [0.25, 0.3) is 0 Å². The molecule has 0 unspecified atom stereocenters. The summed E-state index contributed by atoms with van der Waals surface area (Å²) >= 11 is 0. The van der Waals surface area contributed by atoms with E-state index in [4.69, 9.17) is 10.2 Å². The van der Waals surface area contributed by atoms with E-state index in [1.165, 1.54) is 0 Å². The van der Waals surface area contributed by atoms with Crippen molar-refractivity contribution in [3.05, 3.63) is 0 Å². The Morgan fingerprint density at radius 3 is 2.28 bits per heavy atom. The predicted molar refractivity (Wildman–Crippen MR) is 62.9 cm³/mol. The van der Waals surface area contributed by atoms with Gasteiger partial charge in [-0.3, -0.25) is 4.79 Å². The van der Waals surface area contributed by atoms with Crippen molar-refractivity contribution in [1.82, 2.24) is 16.0 Å². The first-order valence-corrected chi connectivity index (χ1v) is 5.55. The molecule has 5 N–H and O–H groups in total. The molecule has 0 aromatic heterocycles. The van der Waals surface area contributed by atoms with Crippen molar-refractivity contribution in [3.8, 4) is 0 Å². The van der Waals surface area contributed by atoms with E-state index in [0.717, 1.165) is 0 Å². The molecule has 18 heavy (non-hydrogen) atoms. The number of nitrogens with one attached hydrogen (secondary N) is 3. The molecule has 0 aromatic carbocycles. The molecule has 0 heterocycles. The van der Waals surface area contributed by atoms with E-state index in [2.05, 4.69) is 16.0 Å². The quantitative estimate of drug-likeness (QED) is 0.387. The van der Waals surface area contributed by atoms with Gasteiger partial charge in [-0.05, 0) is 13.8 Å². The highest BCUT2D eigenvalue weighted by Gasteiger charge is 2.13. The maximum absolute atomic E-state index is 11.2. The van der Waals surface area contributed by atoms with Crippen LogP contribution in [0.3, 0.4) is 0 Å². The van der Waals surface area contributed by atoms with E-state index >= 15 is 0 Å². The molecule has 0 aliphatic carbocycles. The van der Waals surface area contributed by atoms with Crippen LogP contribution in [0.15, 0.2) is 0 Å². The minimum absolute atomic E-state index is 0.00506. The number of carboxylic acid groups (broad SMARTS) is 1. The fraction of sp³-hybridized carbons (Fsp3) is 0.700.